The lowest BCUT2D eigenvalue weighted by molar-refractivity contribution is -0.153. The summed E-state index contributed by atoms with van der Waals surface area (Å²) < 4.78 is 4.77. The van der Waals surface area contributed by atoms with E-state index in [9.17, 15) is 9.59 Å². The fourth-order valence-corrected chi connectivity index (χ4v) is 4.58. The zero-order valence-electron chi connectivity index (χ0n) is 20.7. The first-order chi connectivity index (χ1) is 15.2. The smallest absolute Gasteiger partial charge is 0.317 e. The summed E-state index contributed by atoms with van der Waals surface area (Å²) in [5.41, 5.74) is 0. The first kappa shape index (κ1) is 27.9. The summed E-state index contributed by atoms with van der Waals surface area (Å²) in [4.78, 5) is 23.3. The Balaban J connectivity index is 2.24. The normalized spacial score (nSPS) is 17.5. The minimum atomic E-state index is -0.344. The first-order valence-corrected chi connectivity index (χ1v) is 13.6. The zero-order chi connectivity index (χ0) is 22.6. The van der Waals surface area contributed by atoms with Crippen molar-refractivity contribution in [3.63, 3.8) is 0 Å². The maximum absolute atomic E-state index is 11.9. The third kappa shape index (κ3) is 15.3. The van der Waals surface area contributed by atoms with E-state index in [4.69, 9.17) is 4.74 Å². The standard InChI is InChI=1S/C28H50O3/c1-3-5-7-9-11-13-14-16-18-20-22-25(23-26-24-27(29)31-28(26)30)21-19-17-15-12-10-8-6-4-2/h20,22,25-26H,3-19,21,23-24H2,1-2H3. The van der Waals surface area contributed by atoms with E-state index in [2.05, 4.69) is 26.0 Å². The molecule has 1 rings (SSSR count). The van der Waals surface area contributed by atoms with Crippen molar-refractivity contribution in [1.82, 2.24) is 0 Å². The minimum absolute atomic E-state index is 0.223. The molecule has 3 heteroatoms. The molecule has 0 spiro atoms. The topological polar surface area (TPSA) is 43.4 Å². The zero-order valence-corrected chi connectivity index (χ0v) is 20.7. The SMILES string of the molecule is CCCCCCCCCCC=CC(CCCCCCCCCC)CC1CC(=O)OC1=O. The highest BCUT2D eigenvalue weighted by atomic mass is 16.6. The van der Waals surface area contributed by atoms with Crippen LogP contribution in [-0.4, -0.2) is 11.9 Å². The molecule has 1 aliphatic heterocycles. The summed E-state index contributed by atoms with van der Waals surface area (Å²) in [6, 6.07) is 0. The molecule has 0 aromatic carbocycles. The first-order valence-electron chi connectivity index (χ1n) is 13.6. The van der Waals surface area contributed by atoms with E-state index in [1.807, 2.05) is 0 Å². The summed E-state index contributed by atoms with van der Waals surface area (Å²) in [5.74, 6) is -0.469. The number of rotatable bonds is 21. The van der Waals surface area contributed by atoms with Crippen molar-refractivity contribution in [2.24, 2.45) is 11.8 Å². The third-order valence-electron chi connectivity index (χ3n) is 6.61. The summed E-state index contributed by atoms with van der Waals surface area (Å²) >= 11 is 0. The number of ether oxygens (including phenoxy) is 1. The predicted octanol–water partition coefficient (Wildman–Crippen LogP) is 8.70. The van der Waals surface area contributed by atoms with Crippen LogP contribution in [0.2, 0.25) is 0 Å². The van der Waals surface area contributed by atoms with Crippen LogP contribution in [0.1, 0.15) is 142 Å². The van der Waals surface area contributed by atoms with Gasteiger partial charge in [-0.15, -0.1) is 0 Å². The van der Waals surface area contributed by atoms with E-state index in [1.165, 1.54) is 103 Å². The molecular formula is C28H50O3. The highest BCUT2D eigenvalue weighted by Gasteiger charge is 2.34. The van der Waals surface area contributed by atoms with E-state index in [0.717, 1.165) is 19.3 Å². The molecule has 0 aliphatic carbocycles. The Kier molecular flexibility index (Phi) is 17.6. The quantitative estimate of drug-likeness (QED) is 0.0785. The fraction of sp³-hybridized carbons (Fsp3) is 0.857. The summed E-state index contributed by atoms with van der Waals surface area (Å²) in [6.07, 6.45) is 29.3. The third-order valence-corrected chi connectivity index (χ3v) is 6.61. The lowest BCUT2D eigenvalue weighted by Gasteiger charge is -2.15. The second kappa shape index (κ2) is 19.6. The van der Waals surface area contributed by atoms with Gasteiger partial charge in [0.15, 0.2) is 0 Å². The molecule has 1 fully saturated rings. The maximum atomic E-state index is 11.9. The van der Waals surface area contributed by atoms with Crippen LogP contribution in [0.4, 0.5) is 0 Å². The highest BCUT2D eigenvalue weighted by molar-refractivity contribution is 5.94. The molecule has 1 heterocycles. The molecule has 0 aromatic rings. The molecular weight excluding hydrogens is 384 g/mol. The largest absolute Gasteiger partial charge is 0.393 e. The van der Waals surface area contributed by atoms with Gasteiger partial charge in [0.25, 0.3) is 0 Å². The number of unbranched alkanes of at least 4 members (excludes halogenated alkanes) is 15. The number of allylic oxidation sites excluding steroid dienone is 2. The van der Waals surface area contributed by atoms with Crippen LogP contribution in [-0.2, 0) is 14.3 Å². The Morgan fingerprint density at radius 3 is 1.81 bits per heavy atom. The molecule has 0 saturated carbocycles. The van der Waals surface area contributed by atoms with Crippen molar-refractivity contribution in [3.8, 4) is 0 Å². The van der Waals surface area contributed by atoms with Gasteiger partial charge in [0, 0.05) is 0 Å². The Hall–Kier alpha value is -1.12. The van der Waals surface area contributed by atoms with Crippen LogP contribution >= 0.6 is 0 Å². The van der Waals surface area contributed by atoms with E-state index in [-0.39, 0.29) is 24.3 Å². The average molecular weight is 435 g/mol. The maximum Gasteiger partial charge on any atom is 0.317 e. The summed E-state index contributed by atoms with van der Waals surface area (Å²) in [6.45, 7) is 4.53. The molecule has 0 aromatic heterocycles. The van der Waals surface area contributed by atoms with Crippen molar-refractivity contribution >= 4 is 11.9 Å². The number of hydrogen-bond donors (Lipinski definition) is 0. The Bertz CT molecular complexity index is 483. The van der Waals surface area contributed by atoms with Gasteiger partial charge in [-0.05, 0) is 31.6 Å². The van der Waals surface area contributed by atoms with Gasteiger partial charge >= 0.3 is 11.9 Å². The van der Waals surface area contributed by atoms with Gasteiger partial charge in [-0.3, -0.25) is 9.59 Å². The Morgan fingerprint density at radius 2 is 1.29 bits per heavy atom. The van der Waals surface area contributed by atoms with Crippen LogP contribution in [0.15, 0.2) is 12.2 Å². The number of hydrogen-bond acceptors (Lipinski definition) is 3. The molecule has 3 nitrogen and oxygen atoms in total. The lowest BCUT2D eigenvalue weighted by Crippen LogP contribution is -2.12. The van der Waals surface area contributed by atoms with Gasteiger partial charge in [-0.2, -0.15) is 0 Å². The second-order valence-electron chi connectivity index (χ2n) is 9.65. The molecule has 180 valence electrons. The molecule has 1 saturated heterocycles. The second-order valence-corrected chi connectivity index (χ2v) is 9.65. The number of esters is 2. The summed E-state index contributed by atoms with van der Waals surface area (Å²) in [5, 5.41) is 0. The van der Waals surface area contributed by atoms with Gasteiger partial charge in [0.05, 0.1) is 12.3 Å². The number of cyclic esters (lactones) is 2. The Labute approximate surface area is 192 Å². The van der Waals surface area contributed by atoms with Crippen molar-refractivity contribution < 1.29 is 14.3 Å². The summed E-state index contributed by atoms with van der Waals surface area (Å²) in [7, 11) is 0. The van der Waals surface area contributed by atoms with Gasteiger partial charge in [0.2, 0.25) is 0 Å². The van der Waals surface area contributed by atoms with Gasteiger partial charge in [-0.1, -0.05) is 122 Å². The minimum Gasteiger partial charge on any atom is -0.393 e. The molecule has 0 amide bonds. The molecule has 1 aliphatic rings. The van der Waals surface area contributed by atoms with Gasteiger partial charge in [-0.25, -0.2) is 0 Å². The van der Waals surface area contributed by atoms with Crippen LogP contribution in [0.3, 0.4) is 0 Å². The Morgan fingerprint density at radius 1 is 0.774 bits per heavy atom. The van der Waals surface area contributed by atoms with Gasteiger partial charge < -0.3 is 4.74 Å². The van der Waals surface area contributed by atoms with Crippen molar-refractivity contribution in [1.29, 1.82) is 0 Å². The fourth-order valence-electron chi connectivity index (χ4n) is 4.58. The molecule has 0 N–H and O–H groups in total. The van der Waals surface area contributed by atoms with E-state index in [1.54, 1.807) is 0 Å². The van der Waals surface area contributed by atoms with Crippen LogP contribution in [0.25, 0.3) is 0 Å². The van der Waals surface area contributed by atoms with E-state index >= 15 is 0 Å². The molecule has 0 radical (unpaired) electrons. The molecule has 0 bridgehead atoms. The molecule has 2 unspecified atom stereocenters. The van der Waals surface area contributed by atoms with Crippen molar-refractivity contribution in [3.05, 3.63) is 12.2 Å². The lowest BCUT2D eigenvalue weighted by atomic mass is 9.88. The van der Waals surface area contributed by atoms with E-state index < -0.39 is 0 Å². The van der Waals surface area contributed by atoms with Gasteiger partial charge in [0.1, 0.15) is 0 Å². The van der Waals surface area contributed by atoms with Crippen LogP contribution in [0, 0.1) is 11.8 Å². The molecule has 2 atom stereocenters. The van der Waals surface area contributed by atoms with Crippen LogP contribution < -0.4 is 0 Å². The van der Waals surface area contributed by atoms with Crippen LogP contribution in [0.5, 0.6) is 0 Å². The van der Waals surface area contributed by atoms with E-state index in [0.29, 0.717) is 5.92 Å². The molecule has 31 heavy (non-hydrogen) atoms. The average Bonchev–Trinajstić information content (AvgIpc) is 3.07. The number of carbonyl (C=O) groups excluding carboxylic acids is 2. The highest BCUT2D eigenvalue weighted by Crippen LogP contribution is 2.28. The van der Waals surface area contributed by atoms with Crippen molar-refractivity contribution in [2.75, 3.05) is 0 Å². The predicted molar refractivity (Wildman–Crippen MR) is 131 cm³/mol. The number of carbonyl (C=O) groups is 2. The van der Waals surface area contributed by atoms with Crippen molar-refractivity contribution in [2.45, 2.75) is 142 Å². The monoisotopic (exact) mass is 434 g/mol.